The molecule has 1 nitrogen and oxygen atoms in total. The van der Waals surface area contributed by atoms with Gasteiger partial charge in [-0.2, -0.15) is 8.78 Å². The molecule has 0 fully saturated rings. The summed E-state index contributed by atoms with van der Waals surface area (Å²) in [6.07, 6.45) is 5.39. The Kier molecular flexibility index (Phi) is 3.54. The minimum atomic E-state index is -2.82. The van der Waals surface area contributed by atoms with E-state index in [4.69, 9.17) is 6.42 Å². The van der Waals surface area contributed by atoms with Crippen LogP contribution < -0.4 is 4.74 Å². The first-order valence-electron chi connectivity index (χ1n) is 4.90. The molecule has 0 aliphatic carbocycles. The van der Waals surface area contributed by atoms with Crippen LogP contribution in [0.15, 0.2) is 18.2 Å². The van der Waals surface area contributed by atoms with E-state index >= 15 is 0 Å². The Bertz CT molecular complexity index is 416. The van der Waals surface area contributed by atoms with E-state index in [9.17, 15) is 8.78 Å². The van der Waals surface area contributed by atoms with Crippen LogP contribution in [0.25, 0.3) is 0 Å². The van der Waals surface area contributed by atoms with Crippen molar-refractivity contribution in [1.82, 2.24) is 0 Å². The Morgan fingerprint density at radius 1 is 1.38 bits per heavy atom. The number of terminal acetylenes is 1. The largest absolute Gasteiger partial charge is 0.435 e. The summed E-state index contributed by atoms with van der Waals surface area (Å²) in [5.41, 5.74) is 0.960. The molecule has 0 amide bonds. The van der Waals surface area contributed by atoms with Gasteiger partial charge in [0.05, 0.1) is 5.41 Å². The minimum Gasteiger partial charge on any atom is -0.435 e. The SMILES string of the molecule is C#CC(C)(C)c1ccc(C)c(OC(F)F)c1. The van der Waals surface area contributed by atoms with Gasteiger partial charge in [-0.1, -0.05) is 18.1 Å². The zero-order chi connectivity index (χ0) is 12.3. The normalized spacial score (nSPS) is 11.3. The molecule has 1 aromatic carbocycles. The lowest BCUT2D eigenvalue weighted by molar-refractivity contribution is -0.0503. The average molecular weight is 224 g/mol. The molecule has 0 saturated carbocycles. The quantitative estimate of drug-likeness (QED) is 0.714. The lowest BCUT2D eigenvalue weighted by Gasteiger charge is -2.19. The molecule has 3 heteroatoms. The third-order valence-corrected chi connectivity index (χ3v) is 2.49. The Balaban J connectivity index is 3.13. The van der Waals surface area contributed by atoms with Crippen LogP contribution in [-0.4, -0.2) is 6.61 Å². The molecule has 1 rings (SSSR count). The van der Waals surface area contributed by atoms with Crippen molar-refractivity contribution in [2.45, 2.75) is 32.8 Å². The van der Waals surface area contributed by atoms with Crippen molar-refractivity contribution in [2.75, 3.05) is 0 Å². The average Bonchev–Trinajstić information content (AvgIpc) is 2.20. The Hall–Kier alpha value is -1.56. The molecule has 0 atom stereocenters. The van der Waals surface area contributed by atoms with Crippen LogP contribution in [0.5, 0.6) is 5.75 Å². The molecule has 16 heavy (non-hydrogen) atoms. The van der Waals surface area contributed by atoms with E-state index in [1.165, 1.54) is 0 Å². The van der Waals surface area contributed by atoms with Crippen molar-refractivity contribution in [3.8, 4) is 18.1 Å². The topological polar surface area (TPSA) is 9.23 Å². The molecule has 86 valence electrons. The molecule has 0 radical (unpaired) electrons. The molecular weight excluding hydrogens is 210 g/mol. The van der Waals surface area contributed by atoms with Crippen molar-refractivity contribution < 1.29 is 13.5 Å². The first kappa shape index (κ1) is 12.5. The summed E-state index contributed by atoms with van der Waals surface area (Å²) in [5.74, 6) is 2.79. The molecule has 0 spiro atoms. The van der Waals surface area contributed by atoms with Gasteiger partial charge in [-0.25, -0.2) is 0 Å². The van der Waals surface area contributed by atoms with Gasteiger partial charge in [-0.05, 0) is 38.0 Å². The second-order valence-corrected chi connectivity index (χ2v) is 4.13. The van der Waals surface area contributed by atoms with Gasteiger partial charge in [0.25, 0.3) is 0 Å². The van der Waals surface area contributed by atoms with Crippen LogP contribution in [-0.2, 0) is 5.41 Å². The third kappa shape index (κ3) is 2.73. The molecule has 0 aromatic heterocycles. The Morgan fingerprint density at radius 3 is 2.50 bits per heavy atom. The number of hydrogen-bond acceptors (Lipinski definition) is 1. The first-order chi connectivity index (χ1) is 7.36. The van der Waals surface area contributed by atoms with Gasteiger partial charge in [0.2, 0.25) is 0 Å². The molecule has 0 N–H and O–H groups in total. The highest BCUT2D eigenvalue weighted by Crippen LogP contribution is 2.28. The summed E-state index contributed by atoms with van der Waals surface area (Å²) >= 11 is 0. The van der Waals surface area contributed by atoms with Crippen LogP contribution in [0.1, 0.15) is 25.0 Å². The number of rotatable bonds is 3. The second-order valence-electron chi connectivity index (χ2n) is 4.13. The van der Waals surface area contributed by atoms with Crippen molar-refractivity contribution >= 4 is 0 Å². The highest BCUT2D eigenvalue weighted by molar-refractivity contribution is 5.42. The summed E-state index contributed by atoms with van der Waals surface area (Å²) in [6.45, 7) is 2.60. The lowest BCUT2D eigenvalue weighted by atomic mass is 9.85. The number of aryl methyl sites for hydroxylation is 1. The summed E-state index contributed by atoms with van der Waals surface area (Å²) < 4.78 is 28.7. The van der Waals surface area contributed by atoms with Gasteiger partial charge in [-0.15, -0.1) is 6.42 Å². The van der Waals surface area contributed by atoms with E-state index in [1.807, 2.05) is 19.9 Å². The molecule has 0 aliphatic heterocycles. The second kappa shape index (κ2) is 4.52. The van der Waals surface area contributed by atoms with Crippen LogP contribution in [0.4, 0.5) is 8.78 Å². The molecular formula is C13H14F2O. The lowest BCUT2D eigenvalue weighted by Crippen LogP contribution is -2.14. The summed E-state index contributed by atoms with van der Waals surface area (Å²) in [6, 6.07) is 5.13. The molecule has 0 saturated heterocycles. The monoisotopic (exact) mass is 224 g/mol. The Labute approximate surface area is 94.4 Å². The fourth-order valence-electron chi connectivity index (χ4n) is 1.30. The van der Waals surface area contributed by atoms with Gasteiger partial charge in [0.15, 0.2) is 0 Å². The number of ether oxygens (including phenoxy) is 1. The van der Waals surface area contributed by atoms with Gasteiger partial charge in [-0.3, -0.25) is 0 Å². The van der Waals surface area contributed by atoms with E-state index < -0.39 is 12.0 Å². The van der Waals surface area contributed by atoms with Crippen LogP contribution in [0, 0.1) is 19.3 Å². The zero-order valence-corrected chi connectivity index (χ0v) is 9.55. The van der Waals surface area contributed by atoms with E-state index in [-0.39, 0.29) is 5.75 Å². The summed E-state index contributed by atoms with van der Waals surface area (Å²) in [4.78, 5) is 0. The van der Waals surface area contributed by atoms with Crippen LogP contribution >= 0.6 is 0 Å². The number of halogens is 2. The van der Waals surface area contributed by atoms with Crippen molar-refractivity contribution in [3.63, 3.8) is 0 Å². The molecule has 0 aliphatic rings. The fraction of sp³-hybridized carbons (Fsp3) is 0.385. The third-order valence-electron chi connectivity index (χ3n) is 2.49. The highest BCUT2D eigenvalue weighted by atomic mass is 19.3. The maximum atomic E-state index is 12.1. The zero-order valence-electron chi connectivity index (χ0n) is 9.55. The van der Waals surface area contributed by atoms with Crippen molar-refractivity contribution in [2.24, 2.45) is 0 Å². The van der Waals surface area contributed by atoms with E-state index in [1.54, 1.807) is 19.1 Å². The van der Waals surface area contributed by atoms with E-state index in [0.29, 0.717) is 5.56 Å². The number of hydrogen-bond donors (Lipinski definition) is 0. The van der Waals surface area contributed by atoms with Crippen LogP contribution in [0.3, 0.4) is 0 Å². The predicted octanol–water partition coefficient (Wildman–Crippen LogP) is 3.51. The van der Waals surface area contributed by atoms with Crippen LogP contribution in [0.2, 0.25) is 0 Å². The maximum absolute atomic E-state index is 12.1. The molecule has 1 aromatic rings. The van der Waals surface area contributed by atoms with E-state index in [0.717, 1.165) is 5.56 Å². The van der Waals surface area contributed by atoms with Gasteiger partial charge in [0, 0.05) is 0 Å². The minimum absolute atomic E-state index is 0.177. The number of benzene rings is 1. The van der Waals surface area contributed by atoms with Gasteiger partial charge in [0.1, 0.15) is 5.75 Å². The fourth-order valence-corrected chi connectivity index (χ4v) is 1.30. The first-order valence-corrected chi connectivity index (χ1v) is 4.90. The summed E-state index contributed by atoms with van der Waals surface area (Å²) in [7, 11) is 0. The number of alkyl halides is 2. The van der Waals surface area contributed by atoms with Gasteiger partial charge >= 0.3 is 6.61 Å². The molecule has 0 unspecified atom stereocenters. The highest BCUT2D eigenvalue weighted by Gasteiger charge is 2.19. The Morgan fingerprint density at radius 2 is 2.00 bits per heavy atom. The van der Waals surface area contributed by atoms with Crippen molar-refractivity contribution in [3.05, 3.63) is 29.3 Å². The predicted molar refractivity (Wildman–Crippen MR) is 59.7 cm³/mol. The van der Waals surface area contributed by atoms with Gasteiger partial charge < -0.3 is 4.74 Å². The van der Waals surface area contributed by atoms with Crippen molar-refractivity contribution in [1.29, 1.82) is 0 Å². The standard InChI is InChI=1S/C13H14F2O/c1-5-13(3,4)10-7-6-9(2)11(8-10)16-12(14)15/h1,6-8,12H,2-4H3. The summed E-state index contributed by atoms with van der Waals surface area (Å²) in [5, 5.41) is 0. The van der Waals surface area contributed by atoms with E-state index in [2.05, 4.69) is 10.7 Å². The maximum Gasteiger partial charge on any atom is 0.387 e. The molecule has 0 bridgehead atoms. The molecule has 0 heterocycles. The smallest absolute Gasteiger partial charge is 0.387 e.